The van der Waals surface area contributed by atoms with E-state index >= 15 is 0 Å². The number of nitrogens with zero attached hydrogens (tertiary/aromatic N) is 2. The van der Waals surface area contributed by atoms with Gasteiger partial charge in [0.1, 0.15) is 0 Å². The van der Waals surface area contributed by atoms with Gasteiger partial charge in [0.25, 0.3) is 0 Å². The van der Waals surface area contributed by atoms with E-state index in [1.165, 1.54) is 38.9 Å². The lowest BCUT2D eigenvalue weighted by Crippen LogP contribution is -2.51. The number of hydrogen-bond acceptors (Lipinski definition) is 3. The lowest BCUT2D eigenvalue weighted by Gasteiger charge is -2.35. The maximum atomic E-state index is 3.55. The van der Waals surface area contributed by atoms with E-state index < -0.39 is 0 Å². The Balaban J connectivity index is 2.60. The van der Waals surface area contributed by atoms with Crippen molar-refractivity contribution in [3.05, 3.63) is 0 Å². The largest absolute Gasteiger partial charge is 0.315 e. The van der Waals surface area contributed by atoms with Gasteiger partial charge < -0.3 is 15.1 Å². The summed E-state index contributed by atoms with van der Waals surface area (Å²) in [5.74, 6) is 0. The Morgan fingerprint density at radius 3 is 2.44 bits per heavy atom. The highest BCUT2D eigenvalue weighted by atomic mass is 15.2. The fraction of sp³-hybridized carbons (Fsp3) is 1.00. The molecule has 108 valence electrons. The molecule has 3 nitrogen and oxygen atoms in total. The topological polar surface area (TPSA) is 18.5 Å². The van der Waals surface area contributed by atoms with E-state index in [2.05, 4.69) is 57.0 Å². The molecule has 2 unspecified atom stereocenters. The van der Waals surface area contributed by atoms with Crippen LogP contribution in [0.3, 0.4) is 0 Å². The fourth-order valence-electron chi connectivity index (χ4n) is 2.86. The minimum atomic E-state index is 0.435. The summed E-state index contributed by atoms with van der Waals surface area (Å²) in [5.41, 5.74) is 0.435. The average Bonchev–Trinajstić information content (AvgIpc) is 2.41. The van der Waals surface area contributed by atoms with Gasteiger partial charge in [-0.25, -0.2) is 0 Å². The van der Waals surface area contributed by atoms with E-state index in [1.54, 1.807) is 0 Å². The van der Waals surface area contributed by atoms with Crippen molar-refractivity contribution < 1.29 is 0 Å². The smallest absolute Gasteiger partial charge is 0.0373 e. The molecule has 1 aliphatic heterocycles. The van der Waals surface area contributed by atoms with Crippen molar-refractivity contribution in [3.63, 3.8) is 0 Å². The predicted molar refractivity (Wildman–Crippen MR) is 80.1 cm³/mol. The minimum Gasteiger partial charge on any atom is -0.315 e. The fourth-order valence-corrected chi connectivity index (χ4v) is 2.86. The third kappa shape index (κ3) is 5.25. The number of rotatable bonds is 4. The van der Waals surface area contributed by atoms with E-state index in [-0.39, 0.29) is 0 Å². The molecule has 1 heterocycles. The van der Waals surface area contributed by atoms with Crippen LogP contribution in [0.15, 0.2) is 0 Å². The molecule has 1 aliphatic rings. The lowest BCUT2D eigenvalue weighted by atomic mass is 9.87. The molecule has 0 spiro atoms. The second-order valence-corrected chi connectivity index (χ2v) is 7.16. The van der Waals surface area contributed by atoms with Crippen LogP contribution < -0.4 is 5.32 Å². The van der Waals surface area contributed by atoms with Crippen LogP contribution in [0.25, 0.3) is 0 Å². The Kier molecular flexibility index (Phi) is 6.09. The summed E-state index contributed by atoms with van der Waals surface area (Å²) in [6.45, 7) is 10.7. The monoisotopic (exact) mass is 255 g/mol. The average molecular weight is 255 g/mol. The van der Waals surface area contributed by atoms with Crippen molar-refractivity contribution in [1.82, 2.24) is 15.1 Å². The van der Waals surface area contributed by atoms with Crippen molar-refractivity contribution in [2.45, 2.75) is 52.1 Å². The van der Waals surface area contributed by atoms with Crippen molar-refractivity contribution in [2.24, 2.45) is 5.41 Å². The van der Waals surface area contributed by atoms with Gasteiger partial charge in [-0.1, -0.05) is 20.8 Å². The van der Waals surface area contributed by atoms with Crippen LogP contribution in [0.1, 0.15) is 40.0 Å². The molecule has 0 amide bonds. The Bertz CT molecular complexity index is 234. The van der Waals surface area contributed by atoms with Crippen LogP contribution in [0.2, 0.25) is 0 Å². The number of likely N-dealkylation sites (N-methyl/N-ethyl adjacent to an activating group) is 3. The zero-order valence-corrected chi connectivity index (χ0v) is 13.3. The second kappa shape index (κ2) is 6.88. The summed E-state index contributed by atoms with van der Waals surface area (Å²) in [4.78, 5) is 5.03. The third-order valence-corrected chi connectivity index (χ3v) is 4.16. The summed E-state index contributed by atoms with van der Waals surface area (Å²) in [5, 5.41) is 3.55. The van der Waals surface area contributed by atoms with Gasteiger partial charge in [-0.05, 0) is 58.9 Å². The molecular weight excluding hydrogens is 222 g/mol. The highest BCUT2D eigenvalue weighted by Gasteiger charge is 2.28. The molecule has 2 atom stereocenters. The van der Waals surface area contributed by atoms with Gasteiger partial charge in [0.15, 0.2) is 0 Å². The van der Waals surface area contributed by atoms with Gasteiger partial charge in [-0.15, -0.1) is 0 Å². The van der Waals surface area contributed by atoms with Crippen molar-refractivity contribution in [1.29, 1.82) is 0 Å². The van der Waals surface area contributed by atoms with Gasteiger partial charge in [-0.2, -0.15) is 0 Å². The Labute approximate surface area is 114 Å². The van der Waals surface area contributed by atoms with Gasteiger partial charge in [-0.3, -0.25) is 0 Å². The molecule has 0 aromatic carbocycles. The van der Waals surface area contributed by atoms with Crippen molar-refractivity contribution in [3.8, 4) is 0 Å². The Morgan fingerprint density at radius 2 is 1.89 bits per heavy atom. The maximum absolute atomic E-state index is 3.55. The van der Waals surface area contributed by atoms with E-state index in [0.717, 1.165) is 0 Å². The van der Waals surface area contributed by atoms with E-state index in [0.29, 0.717) is 17.5 Å². The summed E-state index contributed by atoms with van der Waals surface area (Å²) in [7, 11) is 6.65. The van der Waals surface area contributed by atoms with Crippen LogP contribution in [-0.2, 0) is 0 Å². The van der Waals surface area contributed by atoms with Crippen LogP contribution in [0.4, 0.5) is 0 Å². The molecular formula is C15H33N3. The first-order valence-electron chi connectivity index (χ1n) is 7.39. The number of hydrogen-bond donors (Lipinski definition) is 1. The molecule has 1 N–H and O–H groups in total. The third-order valence-electron chi connectivity index (χ3n) is 4.16. The highest BCUT2D eigenvalue weighted by molar-refractivity contribution is 4.87. The van der Waals surface area contributed by atoms with Gasteiger partial charge >= 0.3 is 0 Å². The lowest BCUT2D eigenvalue weighted by molar-refractivity contribution is 0.167. The Morgan fingerprint density at radius 1 is 1.22 bits per heavy atom. The predicted octanol–water partition coefficient (Wildman–Crippen LogP) is 2.04. The van der Waals surface area contributed by atoms with E-state index in [9.17, 15) is 0 Å². The SMILES string of the molecule is CNC(CCC(C)(C)C)C1CN(C)CCCN1C. The van der Waals surface area contributed by atoms with Crippen LogP contribution >= 0.6 is 0 Å². The highest BCUT2D eigenvalue weighted by Crippen LogP contribution is 2.24. The summed E-state index contributed by atoms with van der Waals surface area (Å²) < 4.78 is 0. The molecule has 1 fully saturated rings. The molecule has 0 aliphatic carbocycles. The molecule has 18 heavy (non-hydrogen) atoms. The summed E-state index contributed by atoms with van der Waals surface area (Å²) >= 11 is 0. The molecule has 1 saturated heterocycles. The number of nitrogens with one attached hydrogen (secondary N) is 1. The second-order valence-electron chi connectivity index (χ2n) is 7.16. The molecule has 0 bridgehead atoms. The molecule has 3 heteroatoms. The molecule has 0 aromatic rings. The van der Waals surface area contributed by atoms with Crippen LogP contribution in [0.5, 0.6) is 0 Å². The van der Waals surface area contributed by atoms with E-state index in [1.807, 2.05) is 0 Å². The van der Waals surface area contributed by atoms with Crippen molar-refractivity contribution >= 4 is 0 Å². The molecule has 0 radical (unpaired) electrons. The Hall–Kier alpha value is -0.120. The maximum Gasteiger partial charge on any atom is 0.0373 e. The van der Waals surface area contributed by atoms with E-state index in [4.69, 9.17) is 0 Å². The first kappa shape index (κ1) is 15.9. The molecule has 1 rings (SSSR count). The molecule has 0 aromatic heterocycles. The summed E-state index contributed by atoms with van der Waals surface area (Å²) in [6.07, 6.45) is 3.84. The zero-order chi connectivity index (χ0) is 13.8. The summed E-state index contributed by atoms with van der Waals surface area (Å²) in [6, 6.07) is 1.25. The van der Waals surface area contributed by atoms with Gasteiger partial charge in [0, 0.05) is 18.6 Å². The molecule has 0 saturated carbocycles. The van der Waals surface area contributed by atoms with Crippen LogP contribution in [0, 0.1) is 5.41 Å². The standard InChI is InChI=1S/C15H33N3/c1-15(2,3)9-8-13(16-4)14-12-17(5)10-7-11-18(14)6/h13-14,16H,7-12H2,1-6H3. The first-order valence-corrected chi connectivity index (χ1v) is 7.39. The van der Waals surface area contributed by atoms with Gasteiger partial charge in [0.2, 0.25) is 0 Å². The van der Waals surface area contributed by atoms with Crippen LogP contribution in [-0.4, -0.2) is 62.7 Å². The van der Waals surface area contributed by atoms with Gasteiger partial charge in [0.05, 0.1) is 0 Å². The minimum absolute atomic E-state index is 0.435. The zero-order valence-electron chi connectivity index (χ0n) is 13.3. The van der Waals surface area contributed by atoms with Crippen molar-refractivity contribution in [2.75, 3.05) is 40.8 Å². The quantitative estimate of drug-likeness (QED) is 0.829. The normalized spacial score (nSPS) is 26.0. The first-order chi connectivity index (χ1) is 8.33.